The summed E-state index contributed by atoms with van der Waals surface area (Å²) < 4.78 is 12.7. The molecular formula is C27H22N4O5. The summed E-state index contributed by atoms with van der Waals surface area (Å²) in [5.41, 5.74) is 8.74. The van der Waals surface area contributed by atoms with Crippen molar-refractivity contribution in [2.24, 2.45) is 5.10 Å². The minimum atomic E-state index is -0.409. The topological polar surface area (TPSA) is 108 Å². The van der Waals surface area contributed by atoms with Crippen molar-refractivity contribution < 1.29 is 19.2 Å². The highest BCUT2D eigenvalue weighted by Gasteiger charge is 2.16. The van der Waals surface area contributed by atoms with E-state index in [-0.39, 0.29) is 18.4 Å². The number of ether oxygens (including phenoxy) is 2. The Morgan fingerprint density at radius 1 is 0.972 bits per heavy atom. The Labute approximate surface area is 206 Å². The second kappa shape index (κ2) is 9.38. The molecule has 0 aliphatic carbocycles. The van der Waals surface area contributed by atoms with E-state index in [9.17, 15) is 14.9 Å². The summed E-state index contributed by atoms with van der Waals surface area (Å²) in [7, 11) is 0. The van der Waals surface area contributed by atoms with Crippen LogP contribution in [0.4, 0.5) is 5.69 Å². The number of nitro benzene ring substituents is 1. The fourth-order valence-corrected chi connectivity index (χ4v) is 4.16. The van der Waals surface area contributed by atoms with Crippen molar-refractivity contribution in [1.82, 2.24) is 9.99 Å². The lowest BCUT2D eigenvalue weighted by molar-refractivity contribution is -0.384. The van der Waals surface area contributed by atoms with E-state index in [0.29, 0.717) is 17.1 Å². The lowest BCUT2D eigenvalue weighted by atomic mass is 10.0. The van der Waals surface area contributed by atoms with Crippen LogP contribution in [0.15, 0.2) is 77.9 Å². The molecule has 0 radical (unpaired) electrons. The minimum Gasteiger partial charge on any atom is -0.454 e. The van der Waals surface area contributed by atoms with Crippen LogP contribution in [0, 0.1) is 24.0 Å². The Balaban J connectivity index is 1.30. The number of hydrazone groups is 1. The van der Waals surface area contributed by atoms with Crippen molar-refractivity contribution in [2.75, 3.05) is 6.79 Å². The molecule has 0 unspecified atom stereocenters. The highest BCUT2D eigenvalue weighted by atomic mass is 16.7. The number of carbonyl (C=O) groups excluding carboxylic acids is 1. The highest BCUT2D eigenvalue weighted by Crippen LogP contribution is 2.32. The number of rotatable bonds is 6. The van der Waals surface area contributed by atoms with Gasteiger partial charge < -0.3 is 14.0 Å². The molecule has 1 aliphatic rings. The molecule has 9 nitrogen and oxygen atoms in total. The first-order chi connectivity index (χ1) is 17.4. The van der Waals surface area contributed by atoms with E-state index >= 15 is 0 Å². The van der Waals surface area contributed by atoms with Crippen LogP contribution in [0.3, 0.4) is 0 Å². The predicted octanol–water partition coefficient (Wildman–Crippen LogP) is 5.16. The van der Waals surface area contributed by atoms with Crippen LogP contribution in [0.25, 0.3) is 16.8 Å². The number of nitro groups is 1. The van der Waals surface area contributed by atoms with Crippen LogP contribution in [-0.4, -0.2) is 28.4 Å². The molecule has 0 fully saturated rings. The smallest absolute Gasteiger partial charge is 0.271 e. The number of nitrogens with zero attached hydrogens (tertiary/aromatic N) is 3. The second-order valence-corrected chi connectivity index (χ2v) is 8.28. The van der Waals surface area contributed by atoms with Crippen LogP contribution in [-0.2, 0) is 0 Å². The number of hydrogen-bond acceptors (Lipinski definition) is 6. The van der Waals surface area contributed by atoms with Crippen molar-refractivity contribution in [3.8, 4) is 28.3 Å². The number of hydrogen-bond donors (Lipinski definition) is 1. The molecule has 1 aromatic heterocycles. The maximum absolute atomic E-state index is 12.5. The summed E-state index contributed by atoms with van der Waals surface area (Å²) in [4.78, 5) is 22.9. The van der Waals surface area contributed by atoms with Gasteiger partial charge in [0.25, 0.3) is 11.6 Å². The first-order valence-electron chi connectivity index (χ1n) is 11.2. The number of aryl methyl sites for hydroxylation is 1. The number of benzene rings is 3. The molecular weight excluding hydrogens is 460 g/mol. The standard InChI is InChI=1S/C27H22N4O5/c1-17-13-22(15-28-29-27(32)21-7-12-25-26(14-21)36-16-35-25)18(2)30(17)23-8-3-19(4-9-23)20-5-10-24(11-6-20)31(33)34/h3-15H,16H2,1-2H3,(H,29,32)/b28-15-. The van der Waals surface area contributed by atoms with E-state index in [4.69, 9.17) is 9.47 Å². The number of amides is 1. The monoisotopic (exact) mass is 482 g/mol. The maximum atomic E-state index is 12.5. The number of aromatic nitrogens is 1. The van der Waals surface area contributed by atoms with Gasteiger partial charge in [0.1, 0.15) is 0 Å². The first-order valence-corrected chi connectivity index (χ1v) is 11.2. The molecule has 1 aliphatic heterocycles. The van der Waals surface area contributed by atoms with Gasteiger partial charge in [-0.15, -0.1) is 0 Å². The lowest BCUT2D eigenvalue weighted by Gasteiger charge is -2.11. The van der Waals surface area contributed by atoms with E-state index in [0.717, 1.165) is 33.8 Å². The van der Waals surface area contributed by atoms with Gasteiger partial charge >= 0.3 is 0 Å². The van der Waals surface area contributed by atoms with Gasteiger partial charge in [-0.3, -0.25) is 14.9 Å². The van der Waals surface area contributed by atoms with Gasteiger partial charge in [-0.25, -0.2) is 5.43 Å². The van der Waals surface area contributed by atoms with Crippen molar-refractivity contribution in [3.63, 3.8) is 0 Å². The van der Waals surface area contributed by atoms with Gasteiger partial charge in [0.2, 0.25) is 6.79 Å². The van der Waals surface area contributed by atoms with E-state index in [1.165, 1.54) is 12.1 Å². The Morgan fingerprint density at radius 3 is 2.33 bits per heavy atom. The molecule has 5 rings (SSSR count). The number of non-ortho nitro benzene ring substituents is 1. The zero-order valence-electron chi connectivity index (χ0n) is 19.6. The van der Waals surface area contributed by atoms with E-state index < -0.39 is 4.92 Å². The predicted molar refractivity (Wildman–Crippen MR) is 135 cm³/mol. The Hall–Kier alpha value is -4.92. The van der Waals surface area contributed by atoms with Crippen molar-refractivity contribution in [2.45, 2.75) is 13.8 Å². The van der Waals surface area contributed by atoms with Crippen molar-refractivity contribution >= 4 is 17.8 Å². The van der Waals surface area contributed by atoms with Gasteiger partial charge in [-0.1, -0.05) is 12.1 Å². The third-order valence-electron chi connectivity index (χ3n) is 6.01. The normalized spacial score (nSPS) is 12.2. The average molecular weight is 482 g/mol. The maximum Gasteiger partial charge on any atom is 0.271 e. The number of nitrogens with one attached hydrogen (secondary N) is 1. The molecule has 2 heterocycles. The Bertz CT molecular complexity index is 1490. The number of fused-ring (bicyclic) bond motifs is 1. The molecule has 1 amide bonds. The zero-order valence-corrected chi connectivity index (χ0v) is 19.6. The Kier molecular flexibility index (Phi) is 5.95. The highest BCUT2D eigenvalue weighted by molar-refractivity contribution is 5.95. The third-order valence-corrected chi connectivity index (χ3v) is 6.01. The van der Waals surface area contributed by atoms with Gasteiger partial charge in [-0.2, -0.15) is 5.10 Å². The summed E-state index contributed by atoms with van der Waals surface area (Å²) in [6.07, 6.45) is 1.62. The fourth-order valence-electron chi connectivity index (χ4n) is 4.16. The zero-order chi connectivity index (χ0) is 25.2. The summed E-state index contributed by atoms with van der Waals surface area (Å²) >= 11 is 0. The molecule has 9 heteroatoms. The molecule has 0 bridgehead atoms. The SMILES string of the molecule is Cc1cc(/C=N\NC(=O)c2ccc3c(c2)OCO3)c(C)n1-c1ccc(-c2ccc([N+](=O)[O-])cc2)cc1. The number of carbonyl (C=O) groups is 1. The molecule has 0 spiro atoms. The summed E-state index contributed by atoms with van der Waals surface area (Å²) in [6.45, 7) is 4.13. The molecule has 36 heavy (non-hydrogen) atoms. The molecule has 1 N–H and O–H groups in total. The van der Waals surface area contributed by atoms with Gasteiger partial charge in [0.05, 0.1) is 11.1 Å². The summed E-state index contributed by atoms with van der Waals surface area (Å²) in [5.74, 6) is 0.804. The summed E-state index contributed by atoms with van der Waals surface area (Å²) in [5, 5.41) is 15.0. The van der Waals surface area contributed by atoms with E-state index in [1.807, 2.05) is 44.2 Å². The second-order valence-electron chi connectivity index (χ2n) is 8.28. The van der Waals surface area contributed by atoms with Crippen LogP contribution >= 0.6 is 0 Å². The Morgan fingerprint density at radius 2 is 1.64 bits per heavy atom. The van der Waals surface area contributed by atoms with Gasteiger partial charge in [-0.05, 0) is 73.5 Å². The van der Waals surface area contributed by atoms with Crippen LogP contribution in [0.1, 0.15) is 27.3 Å². The van der Waals surface area contributed by atoms with Crippen molar-refractivity contribution in [3.05, 3.63) is 105 Å². The molecule has 180 valence electrons. The van der Waals surface area contributed by atoms with Crippen LogP contribution in [0.2, 0.25) is 0 Å². The average Bonchev–Trinajstić information content (AvgIpc) is 3.47. The molecule has 0 saturated carbocycles. The fraction of sp³-hybridized carbons (Fsp3) is 0.111. The third kappa shape index (κ3) is 4.41. The van der Waals surface area contributed by atoms with Crippen LogP contribution in [0.5, 0.6) is 11.5 Å². The van der Waals surface area contributed by atoms with Gasteiger partial charge in [0.15, 0.2) is 11.5 Å². The minimum absolute atomic E-state index is 0.0650. The van der Waals surface area contributed by atoms with Crippen LogP contribution < -0.4 is 14.9 Å². The lowest BCUT2D eigenvalue weighted by Crippen LogP contribution is -2.17. The largest absolute Gasteiger partial charge is 0.454 e. The van der Waals surface area contributed by atoms with Crippen molar-refractivity contribution in [1.29, 1.82) is 0 Å². The molecule has 0 atom stereocenters. The molecule has 3 aromatic carbocycles. The quantitative estimate of drug-likeness (QED) is 0.232. The molecule has 4 aromatic rings. The molecule has 0 saturated heterocycles. The van der Waals surface area contributed by atoms with E-state index in [1.54, 1.807) is 36.5 Å². The van der Waals surface area contributed by atoms with Gasteiger partial charge in [0, 0.05) is 40.3 Å². The first kappa shape index (κ1) is 22.9. The van der Waals surface area contributed by atoms with E-state index in [2.05, 4.69) is 15.1 Å². The summed E-state index contributed by atoms with van der Waals surface area (Å²) in [6, 6.07) is 21.4.